The van der Waals surface area contributed by atoms with Crippen LogP contribution in [0, 0.1) is 5.82 Å². The standard InChI is InChI=1S/C12H9FOS/c13-12-4-2-1-3-9(12)7-10-5-6-11(8-14)15-10/h1-6,8H,7H2. The topological polar surface area (TPSA) is 17.1 Å². The molecule has 0 aliphatic carbocycles. The Morgan fingerprint density at radius 1 is 1.20 bits per heavy atom. The van der Waals surface area contributed by atoms with Gasteiger partial charge in [-0.3, -0.25) is 4.79 Å². The van der Waals surface area contributed by atoms with Crippen molar-refractivity contribution in [2.45, 2.75) is 6.42 Å². The third kappa shape index (κ3) is 2.30. The molecule has 1 aromatic carbocycles. The highest BCUT2D eigenvalue weighted by Gasteiger charge is 2.04. The second-order valence-corrected chi connectivity index (χ2v) is 4.39. The van der Waals surface area contributed by atoms with Gasteiger partial charge in [0.1, 0.15) is 5.82 Å². The van der Waals surface area contributed by atoms with Crippen molar-refractivity contribution in [3.63, 3.8) is 0 Å². The molecule has 0 unspecified atom stereocenters. The monoisotopic (exact) mass is 220 g/mol. The largest absolute Gasteiger partial charge is 0.297 e. The molecule has 1 nitrogen and oxygen atoms in total. The number of aldehydes is 1. The molecule has 3 heteroatoms. The molecular weight excluding hydrogens is 211 g/mol. The van der Waals surface area contributed by atoms with Crippen LogP contribution in [0.3, 0.4) is 0 Å². The molecule has 0 aliphatic rings. The summed E-state index contributed by atoms with van der Waals surface area (Å²) in [4.78, 5) is 12.2. The third-order valence-electron chi connectivity index (χ3n) is 2.12. The van der Waals surface area contributed by atoms with Crippen molar-refractivity contribution in [2.24, 2.45) is 0 Å². The van der Waals surface area contributed by atoms with E-state index < -0.39 is 0 Å². The summed E-state index contributed by atoms with van der Waals surface area (Å²) >= 11 is 1.40. The highest BCUT2D eigenvalue weighted by molar-refractivity contribution is 7.13. The molecule has 0 atom stereocenters. The first-order valence-electron chi connectivity index (χ1n) is 4.57. The van der Waals surface area contributed by atoms with E-state index in [1.807, 2.05) is 12.1 Å². The summed E-state index contributed by atoms with van der Waals surface area (Å²) in [7, 11) is 0. The molecule has 0 spiro atoms. The first-order valence-corrected chi connectivity index (χ1v) is 5.38. The summed E-state index contributed by atoms with van der Waals surface area (Å²) in [6.07, 6.45) is 1.36. The predicted octanol–water partition coefficient (Wildman–Crippen LogP) is 3.29. The number of carbonyl (C=O) groups excluding carboxylic acids is 1. The van der Waals surface area contributed by atoms with Gasteiger partial charge >= 0.3 is 0 Å². The van der Waals surface area contributed by atoms with Gasteiger partial charge in [-0.15, -0.1) is 11.3 Å². The molecule has 0 saturated carbocycles. The van der Waals surface area contributed by atoms with E-state index in [-0.39, 0.29) is 5.82 Å². The average Bonchev–Trinajstić information content (AvgIpc) is 2.69. The molecule has 0 saturated heterocycles. The maximum absolute atomic E-state index is 13.3. The van der Waals surface area contributed by atoms with Crippen molar-refractivity contribution in [1.82, 2.24) is 0 Å². The van der Waals surface area contributed by atoms with Crippen molar-refractivity contribution < 1.29 is 9.18 Å². The summed E-state index contributed by atoms with van der Waals surface area (Å²) in [5, 5.41) is 0. The Bertz CT molecular complexity index is 476. The Morgan fingerprint density at radius 3 is 2.67 bits per heavy atom. The second kappa shape index (κ2) is 4.36. The molecule has 0 bridgehead atoms. The average molecular weight is 220 g/mol. The molecule has 2 aromatic rings. The molecule has 0 aliphatic heterocycles. The third-order valence-corrected chi connectivity index (χ3v) is 3.13. The van der Waals surface area contributed by atoms with E-state index in [0.717, 1.165) is 11.2 Å². The molecular formula is C12H9FOS. The van der Waals surface area contributed by atoms with Crippen LogP contribution >= 0.6 is 11.3 Å². The van der Waals surface area contributed by atoms with Gasteiger partial charge in [0.05, 0.1) is 4.88 Å². The zero-order chi connectivity index (χ0) is 10.7. The van der Waals surface area contributed by atoms with Crippen molar-refractivity contribution in [3.8, 4) is 0 Å². The van der Waals surface area contributed by atoms with Crippen molar-refractivity contribution in [1.29, 1.82) is 0 Å². The van der Waals surface area contributed by atoms with Gasteiger partial charge in [-0.05, 0) is 23.8 Å². The molecule has 2 rings (SSSR count). The summed E-state index contributed by atoms with van der Waals surface area (Å²) in [5.74, 6) is -0.196. The van der Waals surface area contributed by atoms with E-state index in [2.05, 4.69) is 0 Å². The minimum atomic E-state index is -0.196. The lowest BCUT2D eigenvalue weighted by atomic mass is 10.1. The van der Waals surface area contributed by atoms with Crippen molar-refractivity contribution >= 4 is 17.6 Å². The normalized spacial score (nSPS) is 10.2. The lowest BCUT2D eigenvalue weighted by molar-refractivity contribution is 0.112. The molecule has 0 N–H and O–H groups in total. The van der Waals surface area contributed by atoms with Crippen LogP contribution in [0.2, 0.25) is 0 Å². The fourth-order valence-electron chi connectivity index (χ4n) is 1.38. The van der Waals surface area contributed by atoms with E-state index in [1.165, 1.54) is 17.4 Å². The van der Waals surface area contributed by atoms with E-state index in [9.17, 15) is 9.18 Å². The Kier molecular flexibility index (Phi) is 2.92. The first-order chi connectivity index (χ1) is 7.29. The lowest BCUT2D eigenvalue weighted by Crippen LogP contribution is -1.88. The van der Waals surface area contributed by atoms with Crippen LogP contribution in [0.15, 0.2) is 36.4 Å². The fourth-order valence-corrected chi connectivity index (χ4v) is 2.23. The van der Waals surface area contributed by atoms with Gasteiger partial charge in [0.25, 0.3) is 0 Å². The molecule has 0 fully saturated rings. The summed E-state index contributed by atoms with van der Waals surface area (Å²) in [6.45, 7) is 0. The van der Waals surface area contributed by atoms with Crippen LogP contribution in [0.25, 0.3) is 0 Å². The molecule has 0 radical (unpaired) electrons. The van der Waals surface area contributed by atoms with Crippen molar-refractivity contribution in [3.05, 3.63) is 57.5 Å². The SMILES string of the molecule is O=Cc1ccc(Cc2ccccc2F)s1. The number of halogens is 1. The molecule has 76 valence electrons. The number of thiophene rings is 1. The van der Waals surface area contributed by atoms with Crippen LogP contribution in [0.1, 0.15) is 20.1 Å². The predicted molar refractivity (Wildman–Crippen MR) is 58.9 cm³/mol. The molecule has 1 aromatic heterocycles. The fraction of sp³-hybridized carbons (Fsp3) is 0.0833. The van der Waals surface area contributed by atoms with Gasteiger partial charge in [0.15, 0.2) is 6.29 Å². The minimum absolute atomic E-state index is 0.196. The van der Waals surface area contributed by atoms with E-state index in [4.69, 9.17) is 0 Å². The van der Waals surface area contributed by atoms with E-state index >= 15 is 0 Å². The number of benzene rings is 1. The van der Waals surface area contributed by atoms with Gasteiger partial charge in [-0.25, -0.2) is 4.39 Å². The van der Waals surface area contributed by atoms with E-state index in [0.29, 0.717) is 16.9 Å². The van der Waals surface area contributed by atoms with Crippen LogP contribution in [0.5, 0.6) is 0 Å². The lowest BCUT2D eigenvalue weighted by Gasteiger charge is -1.99. The molecule has 1 heterocycles. The quantitative estimate of drug-likeness (QED) is 0.725. The van der Waals surface area contributed by atoms with Gasteiger partial charge in [-0.1, -0.05) is 18.2 Å². The van der Waals surface area contributed by atoms with Crippen LogP contribution in [-0.4, -0.2) is 6.29 Å². The number of hydrogen-bond acceptors (Lipinski definition) is 2. The number of hydrogen-bond donors (Lipinski definition) is 0. The van der Waals surface area contributed by atoms with Crippen LogP contribution in [0.4, 0.5) is 4.39 Å². The minimum Gasteiger partial charge on any atom is -0.297 e. The van der Waals surface area contributed by atoms with E-state index in [1.54, 1.807) is 18.2 Å². The molecule has 15 heavy (non-hydrogen) atoms. The van der Waals surface area contributed by atoms with Crippen LogP contribution < -0.4 is 0 Å². The van der Waals surface area contributed by atoms with Crippen LogP contribution in [-0.2, 0) is 6.42 Å². The Hall–Kier alpha value is -1.48. The van der Waals surface area contributed by atoms with Gasteiger partial charge in [-0.2, -0.15) is 0 Å². The number of carbonyl (C=O) groups is 1. The Balaban J connectivity index is 2.22. The summed E-state index contributed by atoms with van der Waals surface area (Å²) in [6, 6.07) is 10.3. The maximum Gasteiger partial charge on any atom is 0.160 e. The number of rotatable bonds is 3. The second-order valence-electron chi connectivity index (χ2n) is 3.19. The van der Waals surface area contributed by atoms with Gasteiger partial charge in [0, 0.05) is 11.3 Å². The first kappa shape index (κ1) is 10.1. The highest BCUT2D eigenvalue weighted by Crippen LogP contribution is 2.19. The smallest absolute Gasteiger partial charge is 0.160 e. The summed E-state index contributed by atoms with van der Waals surface area (Å²) < 4.78 is 13.3. The van der Waals surface area contributed by atoms with Gasteiger partial charge < -0.3 is 0 Å². The highest BCUT2D eigenvalue weighted by atomic mass is 32.1. The Morgan fingerprint density at radius 2 is 2.00 bits per heavy atom. The zero-order valence-electron chi connectivity index (χ0n) is 7.94. The van der Waals surface area contributed by atoms with Crippen molar-refractivity contribution in [2.75, 3.05) is 0 Å². The maximum atomic E-state index is 13.3. The molecule has 0 amide bonds. The summed E-state index contributed by atoms with van der Waals surface area (Å²) in [5.41, 5.74) is 0.664. The van der Waals surface area contributed by atoms with Gasteiger partial charge in [0.2, 0.25) is 0 Å². The zero-order valence-corrected chi connectivity index (χ0v) is 8.76. The Labute approximate surface area is 91.2 Å².